The molecule has 0 atom stereocenters. The van der Waals surface area contributed by atoms with E-state index in [0.717, 1.165) is 12.1 Å². The maximum atomic E-state index is 12.7. The van der Waals surface area contributed by atoms with Crippen LogP contribution in [0.25, 0.3) is 6.08 Å². The first-order chi connectivity index (χ1) is 11.3. The lowest BCUT2D eigenvalue weighted by Crippen LogP contribution is -2.23. The van der Waals surface area contributed by atoms with Crippen LogP contribution >= 0.6 is 11.6 Å². The summed E-state index contributed by atoms with van der Waals surface area (Å²) in [4.78, 5) is 11.6. The van der Waals surface area contributed by atoms with Crippen LogP contribution < -0.4 is 5.32 Å². The van der Waals surface area contributed by atoms with Gasteiger partial charge in [0.15, 0.2) is 0 Å². The second kappa shape index (κ2) is 10.3. The van der Waals surface area contributed by atoms with E-state index in [4.69, 9.17) is 21.1 Å². The molecular weight excluding hydrogens is 347 g/mol. The Bertz CT molecular complexity index is 562. The van der Waals surface area contributed by atoms with Crippen molar-refractivity contribution in [2.45, 2.75) is 12.6 Å². The Hall–Kier alpha value is -1.57. The van der Waals surface area contributed by atoms with Crippen molar-refractivity contribution in [1.82, 2.24) is 5.32 Å². The highest BCUT2D eigenvalue weighted by Gasteiger charge is 2.33. The smallest absolute Gasteiger partial charge is 0.382 e. The second-order valence-corrected chi connectivity index (χ2v) is 5.23. The third-order valence-electron chi connectivity index (χ3n) is 2.92. The molecule has 0 heterocycles. The number of benzene rings is 1. The average molecular weight is 366 g/mol. The topological polar surface area (TPSA) is 47.6 Å². The molecule has 1 amide bonds. The monoisotopic (exact) mass is 365 g/mol. The molecule has 0 saturated heterocycles. The zero-order valence-corrected chi connectivity index (χ0v) is 13.9. The molecule has 0 fully saturated rings. The maximum absolute atomic E-state index is 12.7. The van der Waals surface area contributed by atoms with Gasteiger partial charge >= 0.3 is 6.18 Å². The number of carbonyl (C=O) groups is 1. The molecule has 134 valence electrons. The van der Waals surface area contributed by atoms with Crippen LogP contribution in [0.15, 0.2) is 24.3 Å². The van der Waals surface area contributed by atoms with Gasteiger partial charge in [-0.25, -0.2) is 0 Å². The van der Waals surface area contributed by atoms with Crippen LogP contribution in [0, 0.1) is 0 Å². The Balaban J connectivity index is 2.42. The Morgan fingerprint density at radius 3 is 2.71 bits per heavy atom. The van der Waals surface area contributed by atoms with Gasteiger partial charge in [-0.3, -0.25) is 4.79 Å². The Morgan fingerprint density at radius 1 is 1.29 bits per heavy atom. The van der Waals surface area contributed by atoms with Gasteiger partial charge in [0.25, 0.3) is 0 Å². The summed E-state index contributed by atoms with van der Waals surface area (Å²) in [7, 11) is 1.58. The van der Waals surface area contributed by atoms with Crippen molar-refractivity contribution in [1.29, 1.82) is 0 Å². The number of ether oxygens (including phenoxy) is 2. The van der Waals surface area contributed by atoms with Gasteiger partial charge in [0.2, 0.25) is 5.91 Å². The molecule has 1 aromatic rings. The van der Waals surface area contributed by atoms with Gasteiger partial charge < -0.3 is 14.8 Å². The first-order valence-electron chi connectivity index (χ1n) is 7.24. The van der Waals surface area contributed by atoms with Crippen LogP contribution in [-0.4, -0.2) is 39.4 Å². The van der Waals surface area contributed by atoms with Crippen molar-refractivity contribution in [2.75, 3.05) is 33.5 Å². The Kier molecular flexibility index (Phi) is 8.81. The van der Waals surface area contributed by atoms with E-state index >= 15 is 0 Å². The molecule has 1 N–H and O–H groups in total. The fraction of sp³-hybridized carbons (Fsp3) is 0.438. The second-order valence-electron chi connectivity index (χ2n) is 4.82. The van der Waals surface area contributed by atoms with Crippen molar-refractivity contribution in [3.05, 3.63) is 40.4 Å². The molecule has 0 saturated carbocycles. The van der Waals surface area contributed by atoms with Crippen molar-refractivity contribution in [2.24, 2.45) is 0 Å². The molecule has 0 radical (unpaired) electrons. The predicted molar refractivity (Wildman–Crippen MR) is 85.8 cm³/mol. The van der Waals surface area contributed by atoms with E-state index in [-0.39, 0.29) is 10.6 Å². The number of methoxy groups -OCH3 is 1. The summed E-state index contributed by atoms with van der Waals surface area (Å²) in [5, 5.41) is 2.24. The van der Waals surface area contributed by atoms with Gasteiger partial charge in [-0.05, 0) is 30.2 Å². The van der Waals surface area contributed by atoms with E-state index in [1.807, 2.05) is 0 Å². The number of amides is 1. The lowest BCUT2D eigenvalue weighted by Gasteiger charge is -2.09. The minimum atomic E-state index is -4.54. The highest BCUT2D eigenvalue weighted by atomic mass is 35.5. The largest absolute Gasteiger partial charge is 0.417 e. The standard InChI is InChI=1S/C16H19ClF3NO3/c1-23-9-10-24-8-2-7-21-15(22)6-4-12-3-5-14(17)13(11-12)16(18,19)20/h3-6,11H,2,7-10H2,1H3,(H,21,22)/b6-4+. The minimum Gasteiger partial charge on any atom is -0.382 e. The highest BCUT2D eigenvalue weighted by molar-refractivity contribution is 6.31. The number of hydrogen-bond acceptors (Lipinski definition) is 3. The van der Waals surface area contributed by atoms with Gasteiger partial charge in [-0.15, -0.1) is 0 Å². The lowest BCUT2D eigenvalue weighted by molar-refractivity contribution is -0.137. The Morgan fingerprint density at radius 2 is 2.04 bits per heavy atom. The van der Waals surface area contributed by atoms with E-state index in [2.05, 4.69) is 5.32 Å². The van der Waals surface area contributed by atoms with E-state index < -0.39 is 17.6 Å². The third kappa shape index (κ3) is 7.81. The number of hydrogen-bond donors (Lipinski definition) is 1. The average Bonchev–Trinajstić information content (AvgIpc) is 2.52. The molecule has 1 aromatic carbocycles. The summed E-state index contributed by atoms with van der Waals surface area (Å²) in [6, 6.07) is 3.46. The van der Waals surface area contributed by atoms with Crippen molar-refractivity contribution < 1.29 is 27.4 Å². The van der Waals surface area contributed by atoms with Gasteiger partial charge in [-0.2, -0.15) is 13.2 Å². The number of rotatable bonds is 9. The van der Waals surface area contributed by atoms with Gasteiger partial charge in [0.05, 0.1) is 23.8 Å². The molecule has 4 nitrogen and oxygen atoms in total. The Labute approximate surface area is 143 Å². The molecule has 0 spiro atoms. The molecule has 0 aliphatic heterocycles. The zero-order valence-electron chi connectivity index (χ0n) is 13.2. The molecule has 24 heavy (non-hydrogen) atoms. The summed E-state index contributed by atoms with van der Waals surface area (Å²) < 4.78 is 48.3. The molecular formula is C16H19ClF3NO3. The molecule has 0 aliphatic carbocycles. The van der Waals surface area contributed by atoms with Crippen LogP contribution in [0.2, 0.25) is 5.02 Å². The quantitative estimate of drug-likeness (QED) is 0.538. The van der Waals surface area contributed by atoms with Crippen molar-refractivity contribution in [3.8, 4) is 0 Å². The summed E-state index contributed by atoms with van der Waals surface area (Å²) >= 11 is 5.53. The lowest BCUT2D eigenvalue weighted by atomic mass is 10.1. The van der Waals surface area contributed by atoms with E-state index in [0.29, 0.717) is 32.8 Å². The van der Waals surface area contributed by atoms with Crippen LogP contribution in [-0.2, 0) is 20.4 Å². The van der Waals surface area contributed by atoms with Crippen molar-refractivity contribution in [3.63, 3.8) is 0 Å². The van der Waals surface area contributed by atoms with E-state index in [9.17, 15) is 18.0 Å². The van der Waals surface area contributed by atoms with Gasteiger partial charge in [0, 0.05) is 26.3 Å². The van der Waals surface area contributed by atoms with Crippen molar-refractivity contribution >= 4 is 23.6 Å². The zero-order chi connectivity index (χ0) is 18.0. The summed E-state index contributed by atoms with van der Waals surface area (Å²) in [5.41, 5.74) is -0.690. The molecule has 8 heteroatoms. The van der Waals surface area contributed by atoms with Crippen LogP contribution in [0.5, 0.6) is 0 Å². The molecule has 0 aromatic heterocycles. The summed E-state index contributed by atoms with van der Waals surface area (Å²) in [5.74, 6) is -0.393. The fourth-order valence-corrected chi connectivity index (χ4v) is 1.95. The van der Waals surface area contributed by atoms with Crippen LogP contribution in [0.4, 0.5) is 13.2 Å². The molecule has 0 unspecified atom stereocenters. The predicted octanol–water partition coefficient (Wildman–Crippen LogP) is 3.54. The SMILES string of the molecule is COCCOCCCNC(=O)/C=C/c1ccc(Cl)c(C(F)(F)F)c1. The summed E-state index contributed by atoms with van der Waals surface area (Å²) in [6.07, 6.45) is -1.43. The van der Waals surface area contributed by atoms with Gasteiger partial charge in [-0.1, -0.05) is 17.7 Å². The number of alkyl halides is 3. The van der Waals surface area contributed by atoms with E-state index in [1.165, 1.54) is 18.2 Å². The van der Waals surface area contributed by atoms with E-state index in [1.54, 1.807) is 7.11 Å². The first-order valence-corrected chi connectivity index (χ1v) is 7.61. The first kappa shape index (κ1) is 20.5. The summed E-state index contributed by atoms with van der Waals surface area (Å²) in [6.45, 7) is 1.89. The minimum absolute atomic E-state index is 0.241. The number of halogens is 4. The maximum Gasteiger partial charge on any atom is 0.417 e. The number of nitrogens with one attached hydrogen (secondary N) is 1. The van der Waals surface area contributed by atoms with Crippen LogP contribution in [0.3, 0.4) is 0 Å². The fourth-order valence-electron chi connectivity index (χ4n) is 1.72. The van der Waals surface area contributed by atoms with Gasteiger partial charge in [0.1, 0.15) is 0 Å². The highest BCUT2D eigenvalue weighted by Crippen LogP contribution is 2.35. The molecule has 0 aliphatic rings. The number of carbonyl (C=O) groups excluding carboxylic acids is 1. The molecule has 1 rings (SSSR count). The van der Waals surface area contributed by atoms with Crippen LogP contribution in [0.1, 0.15) is 17.5 Å². The molecule has 0 bridgehead atoms. The normalized spacial score (nSPS) is 11.9. The third-order valence-corrected chi connectivity index (χ3v) is 3.25.